The third-order valence-corrected chi connectivity index (χ3v) is 3.17. The zero-order chi connectivity index (χ0) is 16.5. The van der Waals surface area contributed by atoms with E-state index in [1.54, 1.807) is 18.2 Å². The summed E-state index contributed by atoms with van der Waals surface area (Å²) in [7, 11) is 0. The number of hydrazine groups is 1. The smallest absolute Gasteiger partial charge is 0.238 e. The minimum atomic E-state index is -0.261. The summed E-state index contributed by atoms with van der Waals surface area (Å²) in [4.78, 5) is 22.9. The maximum absolute atomic E-state index is 11.5. The van der Waals surface area contributed by atoms with E-state index in [-0.39, 0.29) is 24.2 Å². The average Bonchev–Trinajstić information content (AvgIpc) is 2.42. The lowest BCUT2D eigenvalue weighted by molar-refractivity contribution is -0.129. The fraction of sp³-hybridized carbons (Fsp3) is 0.467. The molecule has 2 N–H and O–H groups in total. The molecule has 0 radical (unpaired) electrons. The maximum Gasteiger partial charge on any atom is 0.238 e. The summed E-state index contributed by atoms with van der Waals surface area (Å²) in [6, 6.07) is 4.95. The van der Waals surface area contributed by atoms with Gasteiger partial charge in [0.1, 0.15) is 5.75 Å². The Kier molecular flexibility index (Phi) is 8.06. The van der Waals surface area contributed by atoms with E-state index in [9.17, 15) is 9.59 Å². The molecule has 0 unspecified atom stereocenters. The molecule has 5 nitrogen and oxygen atoms in total. The number of benzene rings is 1. The van der Waals surface area contributed by atoms with Gasteiger partial charge < -0.3 is 4.74 Å². The highest BCUT2D eigenvalue weighted by Gasteiger charge is 2.07. The molecule has 0 heterocycles. The van der Waals surface area contributed by atoms with Crippen LogP contribution < -0.4 is 15.6 Å². The third-order valence-electron chi connectivity index (χ3n) is 2.63. The molecule has 122 valence electrons. The van der Waals surface area contributed by atoms with E-state index < -0.39 is 0 Å². The molecule has 0 fully saturated rings. The fourth-order valence-corrected chi connectivity index (χ4v) is 2.09. The molecule has 0 atom stereocenters. The Bertz CT molecular complexity index is 522. The Morgan fingerprint density at radius 3 is 2.50 bits per heavy atom. The van der Waals surface area contributed by atoms with Gasteiger partial charge in [-0.15, -0.1) is 0 Å². The fourth-order valence-electron chi connectivity index (χ4n) is 1.63. The summed E-state index contributed by atoms with van der Waals surface area (Å²) in [6.45, 7) is 4.20. The van der Waals surface area contributed by atoms with Crippen LogP contribution in [-0.2, 0) is 9.59 Å². The van der Waals surface area contributed by atoms with E-state index in [2.05, 4.69) is 10.9 Å². The highest BCUT2D eigenvalue weighted by molar-refractivity contribution is 6.35. The van der Waals surface area contributed by atoms with E-state index in [4.69, 9.17) is 27.9 Å². The van der Waals surface area contributed by atoms with Crippen LogP contribution in [0.2, 0.25) is 10.0 Å². The van der Waals surface area contributed by atoms with Crippen molar-refractivity contribution in [2.24, 2.45) is 5.92 Å². The van der Waals surface area contributed by atoms with Crippen molar-refractivity contribution in [1.82, 2.24) is 10.9 Å². The Labute approximate surface area is 140 Å². The topological polar surface area (TPSA) is 67.4 Å². The van der Waals surface area contributed by atoms with Crippen molar-refractivity contribution in [3.05, 3.63) is 28.2 Å². The maximum atomic E-state index is 11.5. The predicted molar refractivity (Wildman–Crippen MR) is 86.9 cm³/mol. The summed E-state index contributed by atoms with van der Waals surface area (Å²) < 4.78 is 5.46. The van der Waals surface area contributed by atoms with Crippen molar-refractivity contribution in [3.63, 3.8) is 0 Å². The SMILES string of the molecule is CC(C)CC(=O)NNC(=O)CCCOc1ccc(Cl)cc1Cl. The summed E-state index contributed by atoms with van der Waals surface area (Å²) in [5.74, 6) is 0.307. The first-order valence-corrected chi connectivity index (χ1v) is 7.79. The minimum absolute atomic E-state index is 0.201. The van der Waals surface area contributed by atoms with Crippen molar-refractivity contribution in [3.8, 4) is 5.75 Å². The number of halogens is 2. The van der Waals surface area contributed by atoms with E-state index in [1.165, 1.54) is 0 Å². The van der Waals surface area contributed by atoms with E-state index in [1.807, 2.05) is 13.8 Å². The first-order chi connectivity index (χ1) is 10.4. The van der Waals surface area contributed by atoms with Gasteiger partial charge in [-0.1, -0.05) is 37.0 Å². The monoisotopic (exact) mass is 346 g/mol. The molecule has 0 bridgehead atoms. The molecule has 1 aromatic carbocycles. The van der Waals surface area contributed by atoms with Gasteiger partial charge in [0.2, 0.25) is 11.8 Å². The van der Waals surface area contributed by atoms with E-state index >= 15 is 0 Å². The molecule has 0 aliphatic rings. The molecule has 0 saturated carbocycles. The standard InChI is InChI=1S/C15H20Cl2N2O3/c1-10(2)8-15(21)19-18-14(20)4-3-7-22-13-6-5-11(16)9-12(13)17/h5-6,9-10H,3-4,7-8H2,1-2H3,(H,18,20)(H,19,21). The van der Waals surface area contributed by atoms with Gasteiger partial charge in [0.15, 0.2) is 0 Å². The Hall–Kier alpha value is -1.46. The van der Waals surface area contributed by atoms with Crippen molar-refractivity contribution in [1.29, 1.82) is 0 Å². The highest BCUT2D eigenvalue weighted by Crippen LogP contribution is 2.27. The molecular weight excluding hydrogens is 327 g/mol. The molecule has 0 aliphatic carbocycles. The number of nitrogens with one attached hydrogen (secondary N) is 2. The molecule has 0 spiro atoms. The normalized spacial score (nSPS) is 10.4. The largest absolute Gasteiger partial charge is 0.492 e. The Balaban J connectivity index is 2.18. The van der Waals surface area contributed by atoms with Crippen LogP contribution in [0.3, 0.4) is 0 Å². The van der Waals surface area contributed by atoms with Crippen LogP contribution >= 0.6 is 23.2 Å². The Morgan fingerprint density at radius 1 is 1.18 bits per heavy atom. The van der Waals surface area contributed by atoms with Crippen LogP contribution in [0.4, 0.5) is 0 Å². The van der Waals surface area contributed by atoms with Crippen molar-refractivity contribution in [2.45, 2.75) is 33.1 Å². The van der Waals surface area contributed by atoms with Gasteiger partial charge in [0.25, 0.3) is 0 Å². The van der Waals surface area contributed by atoms with Crippen molar-refractivity contribution in [2.75, 3.05) is 6.61 Å². The number of carbonyl (C=O) groups excluding carboxylic acids is 2. The lowest BCUT2D eigenvalue weighted by Gasteiger charge is -2.10. The molecule has 22 heavy (non-hydrogen) atoms. The van der Waals surface area contributed by atoms with Gasteiger partial charge in [-0.05, 0) is 30.5 Å². The minimum Gasteiger partial charge on any atom is -0.492 e. The molecule has 0 saturated heterocycles. The molecule has 2 amide bonds. The van der Waals surface area contributed by atoms with Gasteiger partial charge in [-0.3, -0.25) is 20.4 Å². The van der Waals surface area contributed by atoms with Crippen LogP contribution in [0, 0.1) is 5.92 Å². The van der Waals surface area contributed by atoms with Crippen LogP contribution in [0.5, 0.6) is 5.75 Å². The van der Waals surface area contributed by atoms with Crippen LogP contribution in [0.15, 0.2) is 18.2 Å². The van der Waals surface area contributed by atoms with Crippen molar-refractivity contribution >= 4 is 35.0 Å². The second-order valence-electron chi connectivity index (χ2n) is 5.22. The van der Waals surface area contributed by atoms with E-state index in [0.29, 0.717) is 35.2 Å². The second kappa shape index (κ2) is 9.54. The lowest BCUT2D eigenvalue weighted by Crippen LogP contribution is -2.42. The van der Waals surface area contributed by atoms with Crippen LogP contribution in [0.25, 0.3) is 0 Å². The number of rotatable bonds is 7. The van der Waals surface area contributed by atoms with Gasteiger partial charge >= 0.3 is 0 Å². The quantitative estimate of drug-likeness (QED) is 0.587. The number of amides is 2. The van der Waals surface area contributed by atoms with Gasteiger partial charge in [0.05, 0.1) is 11.6 Å². The Morgan fingerprint density at radius 2 is 1.86 bits per heavy atom. The number of ether oxygens (including phenoxy) is 1. The van der Waals surface area contributed by atoms with Gasteiger partial charge in [-0.25, -0.2) is 0 Å². The molecular formula is C15H20Cl2N2O3. The van der Waals surface area contributed by atoms with Crippen molar-refractivity contribution < 1.29 is 14.3 Å². The lowest BCUT2D eigenvalue weighted by atomic mass is 10.1. The van der Waals surface area contributed by atoms with Gasteiger partial charge in [0, 0.05) is 17.9 Å². The van der Waals surface area contributed by atoms with E-state index in [0.717, 1.165) is 0 Å². The summed E-state index contributed by atoms with van der Waals surface area (Å²) in [6.07, 6.45) is 1.12. The highest BCUT2D eigenvalue weighted by atomic mass is 35.5. The predicted octanol–water partition coefficient (Wildman–Crippen LogP) is 3.35. The molecule has 1 aromatic rings. The molecule has 0 aromatic heterocycles. The number of hydrogen-bond donors (Lipinski definition) is 2. The summed E-state index contributed by atoms with van der Waals surface area (Å²) >= 11 is 11.7. The van der Waals surface area contributed by atoms with Crippen LogP contribution in [-0.4, -0.2) is 18.4 Å². The average molecular weight is 347 g/mol. The number of hydrogen-bond acceptors (Lipinski definition) is 3. The molecule has 1 rings (SSSR count). The molecule has 0 aliphatic heterocycles. The third kappa shape index (κ3) is 7.52. The first-order valence-electron chi connectivity index (χ1n) is 7.04. The van der Waals surface area contributed by atoms with Gasteiger partial charge in [-0.2, -0.15) is 0 Å². The molecule has 7 heteroatoms. The van der Waals surface area contributed by atoms with Crippen LogP contribution in [0.1, 0.15) is 33.1 Å². The summed E-state index contributed by atoms with van der Waals surface area (Å²) in [5.41, 5.74) is 4.74. The second-order valence-corrected chi connectivity index (χ2v) is 6.06. The number of carbonyl (C=O) groups is 2. The first kappa shape index (κ1) is 18.6. The zero-order valence-corrected chi connectivity index (χ0v) is 14.1. The zero-order valence-electron chi connectivity index (χ0n) is 12.6. The summed E-state index contributed by atoms with van der Waals surface area (Å²) in [5, 5.41) is 0.965.